The number of nitriles is 1. The van der Waals surface area contributed by atoms with Crippen molar-refractivity contribution in [3.05, 3.63) is 39.7 Å². The third-order valence-corrected chi connectivity index (χ3v) is 2.72. The summed E-state index contributed by atoms with van der Waals surface area (Å²) in [6.07, 6.45) is 2.69. The third-order valence-electron chi connectivity index (χ3n) is 2.72. The maximum Gasteiger partial charge on any atom is 0.289 e. The summed E-state index contributed by atoms with van der Waals surface area (Å²) in [6, 6.07) is 3.03. The van der Waals surface area contributed by atoms with E-state index in [9.17, 15) is 10.1 Å². The van der Waals surface area contributed by atoms with Gasteiger partial charge >= 0.3 is 0 Å². The predicted molar refractivity (Wildman–Crippen MR) is 70.6 cm³/mol. The molecule has 102 valence electrons. The highest BCUT2D eigenvalue weighted by molar-refractivity contribution is 5.56. The van der Waals surface area contributed by atoms with Gasteiger partial charge in [-0.2, -0.15) is 10.4 Å². The highest BCUT2D eigenvalue weighted by atomic mass is 16.6. The normalized spacial score (nSPS) is 10.0. The molecule has 0 amide bonds. The van der Waals surface area contributed by atoms with Crippen LogP contribution in [0.3, 0.4) is 0 Å². The second kappa shape index (κ2) is 5.23. The van der Waals surface area contributed by atoms with Crippen LogP contribution in [0.5, 0.6) is 0 Å². The second-order valence-electron chi connectivity index (χ2n) is 3.99. The van der Waals surface area contributed by atoms with Crippen LogP contribution in [0.1, 0.15) is 11.1 Å². The van der Waals surface area contributed by atoms with Gasteiger partial charge in [0.15, 0.2) is 0 Å². The van der Waals surface area contributed by atoms with Crippen LogP contribution >= 0.6 is 0 Å². The molecule has 9 nitrogen and oxygen atoms in total. The fraction of sp³-hybridized carbons (Fsp3) is 0.182. The molecule has 2 rings (SSSR count). The van der Waals surface area contributed by atoms with Crippen molar-refractivity contribution in [1.82, 2.24) is 14.8 Å². The molecule has 0 atom stereocenters. The molecule has 9 heteroatoms. The topological polar surface area (TPSA) is 136 Å². The lowest BCUT2D eigenvalue weighted by molar-refractivity contribution is -0.385. The van der Waals surface area contributed by atoms with E-state index < -0.39 is 4.92 Å². The summed E-state index contributed by atoms with van der Waals surface area (Å²) in [5, 5.41) is 26.5. The van der Waals surface area contributed by atoms with Crippen LogP contribution in [0.25, 0.3) is 0 Å². The van der Waals surface area contributed by atoms with Gasteiger partial charge in [0.1, 0.15) is 29.5 Å². The molecule has 0 saturated carbocycles. The summed E-state index contributed by atoms with van der Waals surface area (Å²) in [5.41, 5.74) is 6.40. The van der Waals surface area contributed by atoms with E-state index in [0.29, 0.717) is 12.4 Å². The van der Waals surface area contributed by atoms with Gasteiger partial charge in [0.05, 0.1) is 11.1 Å². The molecule has 0 unspecified atom stereocenters. The van der Waals surface area contributed by atoms with E-state index in [0.717, 1.165) is 11.8 Å². The van der Waals surface area contributed by atoms with Crippen LogP contribution in [0.4, 0.5) is 17.3 Å². The average Bonchev–Trinajstić information content (AvgIpc) is 2.76. The Bertz CT molecular complexity index is 701. The van der Waals surface area contributed by atoms with Crippen molar-refractivity contribution in [2.24, 2.45) is 7.05 Å². The van der Waals surface area contributed by atoms with Crippen molar-refractivity contribution in [3.63, 3.8) is 0 Å². The van der Waals surface area contributed by atoms with Gasteiger partial charge in [0, 0.05) is 25.2 Å². The van der Waals surface area contributed by atoms with E-state index in [1.807, 2.05) is 6.07 Å². The van der Waals surface area contributed by atoms with E-state index in [-0.39, 0.29) is 17.1 Å². The Hall–Kier alpha value is -3.15. The molecular weight excluding hydrogens is 262 g/mol. The molecule has 2 aromatic heterocycles. The largest absolute Gasteiger partial charge is 0.384 e. The van der Waals surface area contributed by atoms with E-state index >= 15 is 0 Å². The van der Waals surface area contributed by atoms with Gasteiger partial charge in [-0.1, -0.05) is 0 Å². The molecule has 0 saturated heterocycles. The number of hydrogen-bond donors (Lipinski definition) is 2. The molecule has 3 N–H and O–H groups in total. The standard InChI is InChI=1S/C11H11N7O2/c1-17-10(13)8(5-16-17)4-14-11-7(3-12)2-9(6-15-11)18(19)20/h2,5-6H,4,13H2,1H3,(H,14,15). The highest BCUT2D eigenvalue weighted by Gasteiger charge is 2.12. The zero-order chi connectivity index (χ0) is 14.7. The SMILES string of the molecule is Cn1ncc(CNc2ncc([N+](=O)[O-])cc2C#N)c1N. The van der Waals surface area contributed by atoms with Gasteiger partial charge in [-0.15, -0.1) is 0 Å². The van der Waals surface area contributed by atoms with E-state index in [1.165, 1.54) is 10.7 Å². The predicted octanol–water partition coefficient (Wildman–Crippen LogP) is 0.789. The lowest BCUT2D eigenvalue weighted by Gasteiger charge is -2.06. The Morgan fingerprint density at radius 3 is 2.90 bits per heavy atom. The number of aromatic nitrogens is 3. The number of nitrogens with zero attached hydrogens (tertiary/aromatic N) is 5. The van der Waals surface area contributed by atoms with Crippen LogP contribution in [-0.4, -0.2) is 19.7 Å². The van der Waals surface area contributed by atoms with Crippen LogP contribution in [0.15, 0.2) is 18.5 Å². The lowest BCUT2D eigenvalue weighted by Crippen LogP contribution is -2.06. The van der Waals surface area contributed by atoms with Crippen LogP contribution in [-0.2, 0) is 13.6 Å². The third kappa shape index (κ3) is 2.49. The van der Waals surface area contributed by atoms with Gasteiger partial charge in [0.25, 0.3) is 5.69 Å². The zero-order valence-corrected chi connectivity index (χ0v) is 10.6. The number of hydrogen-bond acceptors (Lipinski definition) is 7. The molecule has 0 aliphatic carbocycles. The van der Waals surface area contributed by atoms with Crippen molar-refractivity contribution >= 4 is 17.3 Å². The molecule has 20 heavy (non-hydrogen) atoms. The minimum Gasteiger partial charge on any atom is -0.384 e. The smallest absolute Gasteiger partial charge is 0.289 e. The molecule has 0 bridgehead atoms. The van der Waals surface area contributed by atoms with Gasteiger partial charge in [-0.25, -0.2) is 4.98 Å². The second-order valence-corrected chi connectivity index (χ2v) is 3.99. The minimum absolute atomic E-state index is 0.0988. The van der Waals surface area contributed by atoms with Gasteiger partial charge in [0.2, 0.25) is 0 Å². The van der Waals surface area contributed by atoms with Crippen molar-refractivity contribution < 1.29 is 4.92 Å². The first-order valence-corrected chi connectivity index (χ1v) is 5.57. The Labute approximate surface area is 113 Å². The quantitative estimate of drug-likeness (QED) is 0.620. The van der Waals surface area contributed by atoms with E-state index in [1.54, 1.807) is 13.2 Å². The molecule has 0 spiro atoms. The Morgan fingerprint density at radius 2 is 2.35 bits per heavy atom. The summed E-state index contributed by atoms with van der Waals surface area (Å²) in [5.74, 6) is 0.763. The maximum absolute atomic E-state index is 10.6. The molecule has 2 aromatic rings. The maximum atomic E-state index is 10.6. The highest BCUT2D eigenvalue weighted by Crippen LogP contribution is 2.19. The number of nitrogen functional groups attached to an aromatic ring is 1. The molecular formula is C11H11N7O2. The number of aryl methyl sites for hydroxylation is 1. The summed E-state index contributed by atoms with van der Waals surface area (Å²) in [4.78, 5) is 13.9. The summed E-state index contributed by atoms with van der Waals surface area (Å²) >= 11 is 0. The van der Waals surface area contributed by atoms with Crippen molar-refractivity contribution in [1.29, 1.82) is 5.26 Å². The fourth-order valence-electron chi connectivity index (χ4n) is 1.59. The molecule has 0 aliphatic rings. The first kappa shape index (κ1) is 13.3. The Morgan fingerprint density at radius 1 is 1.60 bits per heavy atom. The monoisotopic (exact) mass is 273 g/mol. The molecule has 0 aromatic carbocycles. The van der Waals surface area contributed by atoms with Gasteiger partial charge in [-0.05, 0) is 0 Å². The first-order chi connectivity index (χ1) is 9.52. The van der Waals surface area contributed by atoms with Crippen LogP contribution in [0.2, 0.25) is 0 Å². The van der Waals surface area contributed by atoms with Crippen molar-refractivity contribution in [3.8, 4) is 6.07 Å². The van der Waals surface area contributed by atoms with Gasteiger partial charge in [-0.3, -0.25) is 14.8 Å². The number of rotatable bonds is 4. The van der Waals surface area contributed by atoms with E-state index in [2.05, 4.69) is 15.4 Å². The average molecular weight is 273 g/mol. The number of nitrogens with two attached hydrogens (primary N) is 1. The number of anilines is 2. The molecule has 0 radical (unpaired) electrons. The summed E-state index contributed by atoms with van der Waals surface area (Å²) in [7, 11) is 1.71. The van der Waals surface area contributed by atoms with E-state index in [4.69, 9.17) is 11.0 Å². The molecule has 0 fully saturated rings. The number of pyridine rings is 1. The summed E-state index contributed by atoms with van der Waals surface area (Å²) in [6.45, 7) is 0.319. The van der Waals surface area contributed by atoms with Gasteiger partial charge < -0.3 is 11.1 Å². The number of nitrogens with one attached hydrogen (secondary N) is 1. The zero-order valence-electron chi connectivity index (χ0n) is 10.6. The van der Waals surface area contributed by atoms with Crippen LogP contribution < -0.4 is 11.1 Å². The molecule has 0 aliphatic heterocycles. The Kier molecular flexibility index (Phi) is 3.47. The number of nitro groups is 1. The Balaban J connectivity index is 2.20. The van der Waals surface area contributed by atoms with Crippen LogP contribution in [0, 0.1) is 21.4 Å². The molecule has 2 heterocycles. The van der Waals surface area contributed by atoms with Crippen molar-refractivity contribution in [2.45, 2.75) is 6.54 Å². The fourth-order valence-corrected chi connectivity index (χ4v) is 1.59. The van der Waals surface area contributed by atoms with Crippen molar-refractivity contribution in [2.75, 3.05) is 11.1 Å². The minimum atomic E-state index is -0.600. The summed E-state index contributed by atoms with van der Waals surface area (Å²) < 4.78 is 1.52. The first-order valence-electron chi connectivity index (χ1n) is 5.57. The lowest BCUT2D eigenvalue weighted by atomic mass is 10.2.